The fraction of sp³-hybridized carbons (Fsp3) is 0.0833. The minimum atomic E-state index is -0.448. The molecule has 1 aromatic carbocycles. The van der Waals surface area contributed by atoms with Crippen molar-refractivity contribution in [2.45, 2.75) is 6.61 Å². The molecule has 4 nitrogen and oxygen atoms in total. The zero-order valence-electron chi connectivity index (χ0n) is 8.42. The third-order valence-electron chi connectivity index (χ3n) is 2.03. The Bertz CT molecular complexity index is 456. The maximum absolute atomic E-state index is 11.5. The second kappa shape index (κ2) is 4.53. The van der Waals surface area contributed by atoms with Crippen LogP contribution in [-0.2, 0) is 11.3 Å². The van der Waals surface area contributed by atoms with Gasteiger partial charge in [0.2, 0.25) is 0 Å². The van der Waals surface area contributed by atoms with Crippen LogP contribution in [0.15, 0.2) is 47.1 Å². The summed E-state index contributed by atoms with van der Waals surface area (Å²) in [6.45, 7) is 0.104. The van der Waals surface area contributed by atoms with E-state index in [1.807, 2.05) is 0 Å². The Morgan fingerprint density at radius 3 is 2.62 bits per heavy atom. The van der Waals surface area contributed by atoms with Crippen molar-refractivity contribution in [3.05, 3.63) is 54.0 Å². The molecule has 1 aromatic heterocycles. The van der Waals surface area contributed by atoms with E-state index in [4.69, 9.17) is 14.3 Å². The number of phenols is 1. The van der Waals surface area contributed by atoms with E-state index >= 15 is 0 Å². The predicted octanol–water partition coefficient (Wildman–Crippen LogP) is 2.34. The molecule has 0 fully saturated rings. The summed E-state index contributed by atoms with van der Waals surface area (Å²) >= 11 is 0. The van der Waals surface area contributed by atoms with Crippen LogP contribution in [0.5, 0.6) is 5.75 Å². The minimum absolute atomic E-state index is 0.104. The Labute approximate surface area is 92.1 Å². The van der Waals surface area contributed by atoms with Crippen molar-refractivity contribution in [3.8, 4) is 5.75 Å². The Morgan fingerprint density at radius 2 is 2.00 bits per heavy atom. The normalized spacial score (nSPS) is 10.0. The van der Waals surface area contributed by atoms with Gasteiger partial charge in [0, 0.05) is 0 Å². The van der Waals surface area contributed by atoms with E-state index in [1.54, 1.807) is 12.1 Å². The van der Waals surface area contributed by atoms with E-state index in [2.05, 4.69) is 0 Å². The van der Waals surface area contributed by atoms with Gasteiger partial charge in [-0.3, -0.25) is 0 Å². The van der Waals surface area contributed by atoms with E-state index in [1.165, 1.54) is 30.5 Å². The second-order valence-electron chi connectivity index (χ2n) is 3.20. The van der Waals surface area contributed by atoms with Crippen LogP contribution in [0.3, 0.4) is 0 Å². The number of hydrogen-bond acceptors (Lipinski definition) is 4. The first-order chi connectivity index (χ1) is 7.75. The lowest BCUT2D eigenvalue weighted by molar-refractivity contribution is 0.0445. The number of esters is 1. The zero-order chi connectivity index (χ0) is 11.4. The van der Waals surface area contributed by atoms with E-state index in [0.717, 1.165) is 0 Å². The van der Waals surface area contributed by atoms with Crippen molar-refractivity contribution < 1.29 is 19.1 Å². The van der Waals surface area contributed by atoms with Gasteiger partial charge in [-0.25, -0.2) is 4.79 Å². The Kier molecular flexibility index (Phi) is 2.91. The summed E-state index contributed by atoms with van der Waals surface area (Å²) < 4.78 is 10.0. The highest BCUT2D eigenvalue weighted by Crippen LogP contribution is 2.11. The minimum Gasteiger partial charge on any atom is -0.508 e. The molecule has 82 valence electrons. The zero-order valence-corrected chi connectivity index (χ0v) is 8.42. The van der Waals surface area contributed by atoms with Gasteiger partial charge in [-0.1, -0.05) is 0 Å². The molecule has 0 atom stereocenters. The lowest BCUT2D eigenvalue weighted by atomic mass is 10.2. The van der Waals surface area contributed by atoms with Crippen LogP contribution in [0.1, 0.15) is 16.1 Å². The largest absolute Gasteiger partial charge is 0.508 e. The third kappa shape index (κ3) is 2.42. The molecule has 16 heavy (non-hydrogen) atoms. The number of aromatic hydroxyl groups is 1. The molecule has 1 heterocycles. The van der Waals surface area contributed by atoms with Gasteiger partial charge < -0.3 is 14.3 Å². The van der Waals surface area contributed by atoms with Gasteiger partial charge in [0.1, 0.15) is 18.1 Å². The van der Waals surface area contributed by atoms with Crippen LogP contribution in [-0.4, -0.2) is 11.1 Å². The SMILES string of the molecule is O=C(OCc1ccco1)c1ccc(O)cc1. The van der Waals surface area contributed by atoms with Gasteiger partial charge in [-0.2, -0.15) is 0 Å². The predicted molar refractivity (Wildman–Crippen MR) is 55.9 cm³/mol. The van der Waals surface area contributed by atoms with Crippen LogP contribution in [0.2, 0.25) is 0 Å². The molecule has 0 unspecified atom stereocenters. The molecule has 0 aliphatic rings. The van der Waals surface area contributed by atoms with Crippen LogP contribution in [0, 0.1) is 0 Å². The van der Waals surface area contributed by atoms with Crippen molar-refractivity contribution in [3.63, 3.8) is 0 Å². The standard InChI is InChI=1S/C12H10O4/c13-10-5-3-9(4-6-10)12(14)16-8-11-2-1-7-15-11/h1-7,13H,8H2. The summed E-state index contributed by atoms with van der Waals surface area (Å²) in [4.78, 5) is 11.5. The van der Waals surface area contributed by atoms with E-state index < -0.39 is 5.97 Å². The average molecular weight is 218 g/mol. The highest BCUT2D eigenvalue weighted by molar-refractivity contribution is 5.89. The number of hydrogen-bond donors (Lipinski definition) is 1. The number of benzene rings is 1. The first-order valence-corrected chi connectivity index (χ1v) is 4.74. The van der Waals surface area contributed by atoms with Crippen LogP contribution in [0.4, 0.5) is 0 Å². The lowest BCUT2D eigenvalue weighted by Crippen LogP contribution is -2.04. The molecule has 4 heteroatoms. The first kappa shape index (κ1) is 10.3. The number of rotatable bonds is 3. The van der Waals surface area contributed by atoms with Gasteiger partial charge >= 0.3 is 5.97 Å². The number of phenolic OH excluding ortho intramolecular Hbond substituents is 1. The summed E-state index contributed by atoms with van der Waals surface area (Å²) in [6, 6.07) is 9.32. The van der Waals surface area contributed by atoms with Gasteiger partial charge in [0.15, 0.2) is 0 Å². The average Bonchev–Trinajstić information content (AvgIpc) is 2.80. The lowest BCUT2D eigenvalue weighted by Gasteiger charge is -2.02. The maximum Gasteiger partial charge on any atom is 0.338 e. The van der Waals surface area contributed by atoms with Crippen LogP contribution < -0.4 is 0 Å². The van der Waals surface area contributed by atoms with Crippen molar-refractivity contribution in [1.82, 2.24) is 0 Å². The van der Waals surface area contributed by atoms with Crippen molar-refractivity contribution in [2.75, 3.05) is 0 Å². The molecule has 0 amide bonds. The van der Waals surface area contributed by atoms with Crippen LogP contribution >= 0.6 is 0 Å². The Balaban J connectivity index is 1.95. The monoisotopic (exact) mass is 218 g/mol. The van der Waals surface area contributed by atoms with Crippen molar-refractivity contribution in [1.29, 1.82) is 0 Å². The summed E-state index contributed by atoms with van der Waals surface area (Å²) in [5.41, 5.74) is 0.393. The van der Waals surface area contributed by atoms with Gasteiger partial charge in [-0.05, 0) is 36.4 Å². The number of carbonyl (C=O) groups excluding carboxylic acids is 1. The molecule has 0 saturated heterocycles. The highest BCUT2D eigenvalue weighted by Gasteiger charge is 2.07. The molecule has 2 rings (SSSR count). The van der Waals surface area contributed by atoms with Gasteiger partial charge in [-0.15, -0.1) is 0 Å². The smallest absolute Gasteiger partial charge is 0.338 e. The molecule has 0 aliphatic carbocycles. The Morgan fingerprint density at radius 1 is 1.25 bits per heavy atom. The molecular formula is C12H10O4. The number of carbonyl (C=O) groups is 1. The summed E-state index contributed by atoms with van der Waals surface area (Å²) in [5.74, 6) is 0.256. The van der Waals surface area contributed by atoms with E-state index in [-0.39, 0.29) is 12.4 Å². The van der Waals surface area contributed by atoms with Crippen molar-refractivity contribution in [2.24, 2.45) is 0 Å². The summed E-state index contributed by atoms with van der Waals surface area (Å²) in [6.07, 6.45) is 1.52. The van der Waals surface area contributed by atoms with Crippen LogP contribution in [0.25, 0.3) is 0 Å². The van der Waals surface area contributed by atoms with E-state index in [9.17, 15) is 4.79 Å². The quantitative estimate of drug-likeness (QED) is 0.803. The molecule has 2 aromatic rings. The topological polar surface area (TPSA) is 59.7 Å². The summed E-state index contributed by atoms with van der Waals surface area (Å²) in [5, 5.41) is 9.05. The fourth-order valence-corrected chi connectivity index (χ4v) is 1.21. The van der Waals surface area contributed by atoms with Crippen molar-refractivity contribution >= 4 is 5.97 Å². The molecule has 0 spiro atoms. The molecule has 1 N–H and O–H groups in total. The van der Waals surface area contributed by atoms with Gasteiger partial charge in [0.05, 0.1) is 11.8 Å². The summed E-state index contributed by atoms with van der Waals surface area (Å²) in [7, 11) is 0. The second-order valence-corrected chi connectivity index (χ2v) is 3.20. The molecule has 0 aliphatic heterocycles. The van der Waals surface area contributed by atoms with Gasteiger partial charge in [0.25, 0.3) is 0 Å². The molecule has 0 radical (unpaired) electrons. The number of furan rings is 1. The molecule has 0 saturated carbocycles. The highest BCUT2D eigenvalue weighted by atomic mass is 16.5. The Hall–Kier alpha value is -2.23. The fourth-order valence-electron chi connectivity index (χ4n) is 1.21. The van der Waals surface area contributed by atoms with E-state index in [0.29, 0.717) is 11.3 Å². The molecular weight excluding hydrogens is 208 g/mol. The molecule has 0 bridgehead atoms. The number of ether oxygens (including phenoxy) is 1. The third-order valence-corrected chi connectivity index (χ3v) is 2.03. The maximum atomic E-state index is 11.5. The first-order valence-electron chi connectivity index (χ1n) is 4.74.